The summed E-state index contributed by atoms with van der Waals surface area (Å²) < 4.78 is 0. The Morgan fingerprint density at radius 3 is 2.77 bits per heavy atom. The monoisotopic (exact) mass is 195 g/mol. The third-order valence-corrected chi connectivity index (χ3v) is 4.11. The highest BCUT2D eigenvalue weighted by atomic mass is 32.1. The van der Waals surface area contributed by atoms with E-state index in [0.717, 1.165) is 0 Å². The lowest BCUT2D eigenvalue weighted by Crippen LogP contribution is -2.25. The molecule has 0 radical (unpaired) electrons. The Labute approximate surface area is 84.2 Å². The Hall–Kier alpha value is -0.340. The predicted molar refractivity (Wildman–Crippen MR) is 58.4 cm³/mol. The topological polar surface area (TPSA) is 12.0 Å². The van der Waals surface area contributed by atoms with Gasteiger partial charge in [0.2, 0.25) is 0 Å². The molecule has 1 aliphatic rings. The Kier molecular flexibility index (Phi) is 2.70. The molecule has 0 aliphatic carbocycles. The van der Waals surface area contributed by atoms with Crippen LogP contribution in [0.5, 0.6) is 0 Å². The van der Waals surface area contributed by atoms with Gasteiger partial charge >= 0.3 is 0 Å². The van der Waals surface area contributed by atoms with Crippen molar-refractivity contribution in [3.05, 3.63) is 21.4 Å². The van der Waals surface area contributed by atoms with Crippen LogP contribution >= 0.6 is 11.3 Å². The second kappa shape index (κ2) is 3.81. The first kappa shape index (κ1) is 9.22. The van der Waals surface area contributed by atoms with Crippen molar-refractivity contribution in [3.8, 4) is 0 Å². The standard InChI is InChI=1S/C11H17NS/c1-8-7-11(13-9(8)2)10-5-3-4-6-12-10/h7,10,12H,3-6H2,1-2H3. The van der Waals surface area contributed by atoms with E-state index >= 15 is 0 Å². The zero-order valence-corrected chi connectivity index (χ0v) is 9.21. The average molecular weight is 195 g/mol. The van der Waals surface area contributed by atoms with Crippen LogP contribution in [0.25, 0.3) is 0 Å². The molecule has 1 aliphatic heterocycles. The molecule has 0 aromatic carbocycles. The Morgan fingerprint density at radius 1 is 1.38 bits per heavy atom. The minimum absolute atomic E-state index is 0.645. The second-order valence-corrected chi connectivity index (χ2v) is 5.18. The van der Waals surface area contributed by atoms with Gasteiger partial charge in [-0.1, -0.05) is 6.42 Å². The van der Waals surface area contributed by atoms with E-state index in [9.17, 15) is 0 Å². The van der Waals surface area contributed by atoms with Gasteiger partial charge in [-0.3, -0.25) is 0 Å². The number of thiophene rings is 1. The lowest BCUT2D eigenvalue weighted by Gasteiger charge is -2.22. The van der Waals surface area contributed by atoms with Crippen LogP contribution in [0.3, 0.4) is 0 Å². The molecule has 0 spiro atoms. The number of nitrogens with one attached hydrogen (secondary N) is 1. The maximum Gasteiger partial charge on any atom is 0.0415 e. The summed E-state index contributed by atoms with van der Waals surface area (Å²) in [5, 5.41) is 3.59. The molecular weight excluding hydrogens is 178 g/mol. The van der Waals surface area contributed by atoms with Gasteiger partial charge in [-0.05, 0) is 44.9 Å². The fourth-order valence-electron chi connectivity index (χ4n) is 1.87. The summed E-state index contributed by atoms with van der Waals surface area (Å²) in [6.45, 7) is 5.62. The summed E-state index contributed by atoms with van der Waals surface area (Å²) in [5.41, 5.74) is 1.45. The summed E-state index contributed by atoms with van der Waals surface area (Å²) in [4.78, 5) is 3.01. The van der Waals surface area contributed by atoms with Crippen LogP contribution in [0.1, 0.15) is 40.6 Å². The number of rotatable bonds is 1. The maximum absolute atomic E-state index is 3.59. The van der Waals surface area contributed by atoms with Gasteiger partial charge in [-0.2, -0.15) is 0 Å². The minimum Gasteiger partial charge on any atom is -0.309 e. The van der Waals surface area contributed by atoms with Gasteiger partial charge in [0.25, 0.3) is 0 Å². The van der Waals surface area contributed by atoms with E-state index in [1.165, 1.54) is 41.1 Å². The zero-order valence-electron chi connectivity index (χ0n) is 8.39. The van der Waals surface area contributed by atoms with E-state index in [1.54, 1.807) is 0 Å². The van der Waals surface area contributed by atoms with Crippen molar-refractivity contribution in [3.63, 3.8) is 0 Å². The molecule has 2 heteroatoms. The van der Waals surface area contributed by atoms with Crippen molar-refractivity contribution < 1.29 is 0 Å². The zero-order chi connectivity index (χ0) is 9.26. The highest BCUT2D eigenvalue weighted by molar-refractivity contribution is 7.12. The SMILES string of the molecule is Cc1cc(C2CCCCN2)sc1C. The molecule has 1 atom stereocenters. The minimum atomic E-state index is 0.645. The molecule has 1 N–H and O–H groups in total. The molecule has 0 bridgehead atoms. The van der Waals surface area contributed by atoms with Crippen LogP contribution in [-0.2, 0) is 0 Å². The Balaban J connectivity index is 2.14. The van der Waals surface area contributed by atoms with Crippen molar-refractivity contribution in [2.45, 2.75) is 39.2 Å². The predicted octanol–water partition coefficient (Wildman–Crippen LogP) is 3.18. The number of hydrogen-bond donors (Lipinski definition) is 1. The van der Waals surface area contributed by atoms with Crippen molar-refractivity contribution >= 4 is 11.3 Å². The molecule has 1 nitrogen and oxygen atoms in total. The molecule has 1 aromatic heterocycles. The Bertz CT molecular complexity index is 265. The van der Waals surface area contributed by atoms with Gasteiger partial charge < -0.3 is 5.32 Å². The fourth-order valence-corrected chi connectivity index (χ4v) is 3.02. The molecule has 13 heavy (non-hydrogen) atoms. The lowest BCUT2D eigenvalue weighted by molar-refractivity contribution is 0.417. The molecule has 1 saturated heterocycles. The van der Waals surface area contributed by atoms with Gasteiger partial charge in [-0.25, -0.2) is 0 Å². The third kappa shape index (κ3) is 1.94. The van der Waals surface area contributed by atoms with E-state index in [0.29, 0.717) is 6.04 Å². The van der Waals surface area contributed by atoms with Gasteiger partial charge in [0.15, 0.2) is 0 Å². The van der Waals surface area contributed by atoms with Crippen LogP contribution in [0.15, 0.2) is 6.07 Å². The van der Waals surface area contributed by atoms with Crippen LogP contribution in [0.4, 0.5) is 0 Å². The van der Waals surface area contributed by atoms with Crippen molar-refractivity contribution in [1.82, 2.24) is 5.32 Å². The highest BCUT2D eigenvalue weighted by Crippen LogP contribution is 2.30. The number of hydrogen-bond acceptors (Lipinski definition) is 2. The van der Waals surface area contributed by atoms with Crippen molar-refractivity contribution in [2.24, 2.45) is 0 Å². The van der Waals surface area contributed by atoms with Gasteiger partial charge in [0, 0.05) is 15.8 Å². The molecule has 2 heterocycles. The summed E-state index contributed by atoms with van der Waals surface area (Å²) in [6, 6.07) is 2.99. The first-order chi connectivity index (χ1) is 6.27. The molecule has 1 fully saturated rings. The normalized spacial score (nSPS) is 23.4. The molecule has 0 saturated carbocycles. The van der Waals surface area contributed by atoms with Gasteiger partial charge in [0.05, 0.1) is 0 Å². The largest absolute Gasteiger partial charge is 0.309 e. The van der Waals surface area contributed by atoms with Crippen LogP contribution in [0, 0.1) is 13.8 Å². The van der Waals surface area contributed by atoms with E-state index in [4.69, 9.17) is 0 Å². The number of piperidine rings is 1. The summed E-state index contributed by atoms with van der Waals surface area (Å²) in [5.74, 6) is 0. The van der Waals surface area contributed by atoms with Crippen LogP contribution in [0.2, 0.25) is 0 Å². The van der Waals surface area contributed by atoms with E-state index in [-0.39, 0.29) is 0 Å². The first-order valence-corrected chi connectivity index (χ1v) is 5.89. The smallest absolute Gasteiger partial charge is 0.0415 e. The first-order valence-electron chi connectivity index (χ1n) is 5.07. The Morgan fingerprint density at radius 2 is 2.23 bits per heavy atom. The van der Waals surface area contributed by atoms with Crippen LogP contribution < -0.4 is 5.32 Å². The number of aryl methyl sites for hydroxylation is 2. The molecular formula is C11H17NS. The molecule has 72 valence electrons. The summed E-state index contributed by atoms with van der Waals surface area (Å²) in [6.07, 6.45) is 4.05. The fraction of sp³-hybridized carbons (Fsp3) is 0.636. The molecule has 1 unspecified atom stereocenters. The van der Waals surface area contributed by atoms with Crippen LogP contribution in [-0.4, -0.2) is 6.54 Å². The van der Waals surface area contributed by atoms with E-state index < -0.39 is 0 Å². The molecule has 1 aromatic rings. The highest BCUT2D eigenvalue weighted by Gasteiger charge is 2.16. The average Bonchev–Trinajstić information content (AvgIpc) is 2.49. The quantitative estimate of drug-likeness (QED) is 0.725. The summed E-state index contributed by atoms with van der Waals surface area (Å²) in [7, 11) is 0. The van der Waals surface area contributed by atoms with E-state index in [1.807, 2.05) is 11.3 Å². The molecule has 2 rings (SSSR count). The third-order valence-electron chi connectivity index (χ3n) is 2.84. The maximum atomic E-state index is 3.59. The van der Waals surface area contributed by atoms with Crippen molar-refractivity contribution in [2.75, 3.05) is 6.54 Å². The van der Waals surface area contributed by atoms with E-state index in [2.05, 4.69) is 25.2 Å². The molecule has 0 amide bonds. The van der Waals surface area contributed by atoms with Gasteiger partial charge in [0.1, 0.15) is 0 Å². The van der Waals surface area contributed by atoms with Crippen molar-refractivity contribution in [1.29, 1.82) is 0 Å². The summed E-state index contributed by atoms with van der Waals surface area (Å²) >= 11 is 1.96. The van der Waals surface area contributed by atoms with Gasteiger partial charge in [-0.15, -0.1) is 11.3 Å². The lowest BCUT2D eigenvalue weighted by atomic mass is 10.0. The second-order valence-electron chi connectivity index (χ2n) is 3.89.